The molecule has 1 amide bonds. The van der Waals surface area contributed by atoms with Crippen LogP contribution in [-0.4, -0.2) is 5.91 Å². The summed E-state index contributed by atoms with van der Waals surface area (Å²) in [6, 6.07) is 8.77. The molecule has 22 heavy (non-hydrogen) atoms. The summed E-state index contributed by atoms with van der Waals surface area (Å²) in [6.45, 7) is 3.86. The number of nitrogens with one attached hydrogen (secondary N) is 1. The lowest BCUT2D eigenvalue weighted by atomic mass is 9.48. The van der Waals surface area contributed by atoms with Crippen molar-refractivity contribution in [3.8, 4) is 0 Å². The summed E-state index contributed by atoms with van der Waals surface area (Å²) in [5.41, 5.74) is 2.91. The fourth-order valence-electron chi connectivity index (χ4n) is 5.66. The van der Waals surface area contributed by atoms with Crippen molar-refractivity contribution in [1.82, 2.24) is 0 Å². The van der Waals surface area contributed by atoms with Crippen molar-refractivity contribution in [2.75, 3.05) is 5.32 Å². The summed E-state index contributed by atoms with van der Waals surface area (Å²) < 4.78 is 0. The topological polar surface area (TPSA) is 29.1 Å². The lowest BCUT2D eigenvalue weighted by Crippen LogP contribution is -2.48. The minimum Gasteiger partial charge on any atom is -0.326 e. The zero-order chi connectivity index (χ0) is 15.3. The second-order valence-corrected chi connectivity index (χ2v) is 8.42. The van der Waals surface area contributed by atoms with E-state index >= 15 is 0 Å². The van der Waals surface area contributed by atoms with Gasteiger partial charge in [-0.15, -0.1) is 0 Å². The van der Waals surface area contributed by atoms with E-state index < -0.39 is 0 Å². The van der Waals surface area contributed by atoms with Crippen LogP contribution in [-0.2, 0) is 10.2 Å². The van der Waals surface area contributed by atoms with E-state index in [0.29, 0.717) is 5.41 Å². The van der Waals surface area contributed by atoms with Gasteiger partial charge in [0.15, 0.2) is 0 Å². The van der Waals surface area contributed by atoms with Gasteiger partial charge in [-0.25, -0.2) is 0 Å². The molecule has 0 unspecified atom stereocenters. The fourth-order valence-corrected chi connectivity index (χ4v) is 5.66. The quantitative estimate of drug-likeness (QED) is 0.857. The van der Waals surface area contributed by atoms with Gasteiger partial charge < -0.3 is 5.32 Å². The molecule has 118 valence electrons. The average Bonchev–Trinajstić information content (AvgIpc) is 2.46. The molecule has 1 aromatic carbocycles. The van der Waals surface area contributed by atoms with Crippen molar-refractivity contribution in [3.63, 3.8) is 0 Å². The zero-order valence-corrected chi connectivity index (χ0v) is 13.8. The van der Waals surface area contributed by atoms with Crippen molar-refractivity contribution in [3.05, 3.63) is 29.8 Å². The van der Waals surface area contributed by atoms with Crippen molar-refractivity contribution < 1.29 is 4.79 Å². The van der Waals surface area contributed by atoms with Crippen molar-refractivity contribution in [2.24, 2.45) is 23.7 Å². The van der Waals surface area contributed by atoms with Crippen LogP contribution >= 0.6 is 0 Å². The Labute approximate surface area is 133 Å². The SMILES string of the molecule is CC(C)C(=O)Nc1ccc(C23CC4CC(CC(C4)C2)C3)cc1. The highest BCUT2D eigenvalue weighted by atomic mass is 16.1. The van der Waals surface area contributed by atoms with Gasteiger partial charge >= 0.3 is 0 Å². The molecule has 0 atom stereocenters. The zero-order valence-electron chi connectivity index (χ0n) is 13.8. The third-order valence-corrected chi connectivity index (χ3v) is 6.33. The first-order chi connectivity index (χ1) is 10.5. The molecule has 0 saturated heterocycles. The summed E-state index contributed by atoms with van der Waals surface area (Å²) in [6.07, 6.45) is 8.66. The first-order valence-electron chi connectivity index (χ1n) is 8.95. The summed E-state index contributed by atoms with van der Waals surface area (Å²) in [5, 5.41) is 3.00. The summed E-state index contributed by atoms with van der Waals surface area (Å²) in [7, 11) is 0. The van der Waals surface area contributed by atoms with Crippen LogP contribution in [0.4, 0.5) is 5.69 Å². The van der Waals surface area contributed by atoms with E-state index in [1.165, 1.54) is 44.1 Å². The van der Waals surface area contributed by atoms with Crippen LogP contribution in [0.2, 0.25) is 0 Å². The standard InChI is InChI=1S/C20H27NO/c1-13(2)19(22)21-18-5-3-17(4-6-18)20-10-14-7-15(11-20)9-16(8-14)12-20/h3-6,13-16H,7-12H2,1-2H3,(H,21,22). The highest BCUT2D eigenvalue weighted by Gasteiger charge is 2.51. The average molecular weight is 297 g/mol. The largest absolute Gasteiger partial charge is 0.326 e. The predicted octanol–water partition coefficient (Wildman–Crippen LogP) is 4.75. The maximum atomic E-state index is 11.8. The molecule has 4 bridgehead atoms. The van der Waals surface area contributed by atoms with Gasteiger partial charge in [-0.05, 0) is 79.4 Å². The van der Waals surface area contributed by atoms with Gasteiger partial charge in [0.1, 0.15) is 0 Å². The summed E-state index contributed by atoms with van der Waals surface area (Å²) >= 11 is 0. The molecular weight excluding hydrogens is 270 g/mol. The van der Waals surface area contributed by atoms with E-state index in [1.54, 1.807) is 0 Å². The molecule has 0 spiro atoms. The van der Waals surface area contributed by atoms with Crippen molar-refractivity contribution in [2.45, 2.75) is 57.8 Å². The Bertz CT molecular complexity index is 537. The molecular formula is C20H27NO. The van der Waals surface area contributed by atoms with Gasteiger partial charge in [0, 0.05) is 11.6 Å². The maximum absolute atomic E-state index is 11.8. The third-order valence-electron chi connectivity index (χ3n) is 6.33. The van der Waals surface area contributed by atoms with Crippen LogP contribution in [0.5, 0.6) is 0 Å². The first-order valence-corrected chi connectivity index (χ1v) is 8.95. The minimum atomic E-state index is 0.0304. The Kier molecular flexibility index (Phi) is 3.32. The smallest absolute Gasteiger partial charge is 0.226 e. The van der Waals surface area contributed by atoms with E-state index in [9.17, 15) is 4.79 Å². The molecule has 0 aromatic heterocycles. The second kappa shape index (κ2) is 5.11. The number of carbonyl (C=O) groups is 1. The Morgan fingerprint density at radius 2 is 1.50 bits per heavy atom. The maximum Gasteiger partial charge on any atom is 0.226 e. The highest BCUT2D eigenvalue weighted by Crippen LogP contribution is 2.60. The van der Waals surface area contributed by atoms with Gasteiger partial charge in [0.05, 0.1) is 0 Å². The molecule has 2 heteroatoms. The normalized spacial score (nSPS) is 35.9. The van der Waals surface area contributed by atoms with Crippen molar-refractivity contribution in [1.29, 1.82) is 0 Å². The minimum absolute atomic E-state index is 0.0304. The van der Waals surface area contributed by atoms with Gasteiger partial charge in [-0.3, -0.25) is 4.79 Å². The lowest BCUT2D eigenvalue weighted by Gasteiger charge is -2.57. The lowest BCUT2D eigenvalue weighted by molar-refractivity contribution is -0.118. The van der Waals surface area contributed by atoms with Gasteiger partial charge in [0.2, 0.25) is 5.91 Å². The molecule has 1 N–H and O–H groups in total. The Hall–Kier alpha value is -1.31. The van der Waals surface area contributed by atoms with Crippen LogP contribution in [0.1, 0.15) is 57.9 Å². The molecule has 0 radical (unpaired) electrons. The monoisotopic (exact) mass is 297 g/mol. The summed E-state index contributed by atoms with van der Waals surface area (Å²) in [4.78, 5) is 11.8. The second-order valence-electron chi connectivity index (χ2n) is 8.42. The van der Waals surface area contributed by atoms with E-state index in [2.05, 4.69) is 29.6 Å². The molecule has 1 aromatic rings. The third kappa shape index (κ3) is 2.37. The van der Waals surface area contributed by atoms with E-state index in [0.717, 1.165) is 23.4 Å². The summed E-state index contributed by atoms with van der Waals surface area (Å²) in [5.74, 6) is 3.06. The number of benzene rings is 1. The number of carbonyl (C=O) groups excluding carboxylic acids is 1. The number of rotatable bonds is 3. The highest BCUT2D eigenvalue weighted by molar-refractivity contribution is 5.92. The van der Waals surface area contributed by atoms with Crippen LogP contribution in [0.3, 0.4) is 0 Å². The Balaban J connectivity index is 1.55. The number of hydrogen-bond donors (Lipinski definition) is 1. The Morgan fingerprint density at radius 3 is 1.95 bits per heavy atom. The van der Waals surface area contributed by atoms with E-state index in [-0.39, 0.29) is 11.8 Å². The molecule has 4 fully saturated rings. The van der Waals surface area contributed by atoms with E-state index in [4.69, 9.17) is 0 Å². The molecule has 0 aliphatic heterocycles. The first kappa shape index (κ1) is 14.3. The molecule has 2 nitrogen and oxygen atoms in total. The van der Waals surface area contributed by atoms with Gasteiger partial charge in [0.25, 0.3) is 0 Å². The van der Waals surface area contributed by atoms with Gasteiger partial charge in [-0.1, -0.05) is 26.0 Å². The van der Waals surface area contributed by atoms with E-state index in [1.807, 2.05) is 13.8 Å². The molecule has 4 saturated carbocycles. The Morgan fingerprint density at radius 1 is 1.00 bits per heavy atom. The molecule has 5 rings (SSSR count). The predicted molar refractivity (Wildman–Crippen MR) is 89.8 cm³/mol. The molecule has 4 aliphatic rings. The van der Waals surface area contributed by atoms with Gasteiger partial charge in [-0.2, -0.15) is 0 Å². The molecule has 4 aliphatic carbocycles. The number of hydrogen-bond acceptors (Lipinski definition) is 1. The van der Waals surface area contributed by atoms with Crippen LogP contribution < -0.4 is 5.32 Å². The number of amides is 1. The fraction of sp³-hybridized carbons (Fsp3) is 0.650. The van der Waals surface area contributed by atoms with Crippen LogP contribution in [0, 0.1) is 23.7 Å². The molecule has 0 heterocycles. The van der Waals surface area contributed by atoms with Crippen LogP contribution in [0.25, 0.3) is 0 Å². The van der Waals surface area contributed by atoms with Crippen molar-refractivity contribution >= 4 is 11.6 Å². The van der Waals surface area contributed by atoms with Crippen LogP contribution in [0.15, 0.2) is 24.3 Å². The number of anilines is 1.